The van der Waals surface area contributed by atoms with Gasteiger partial charge in [0.2, 0.25) is 0 Å². The maximum absolute atomic E-state index is 15.2. The molecule has 0 aliphatic rings. The molecule has 0 aromatic heterocycles. The second kappa shape index (κ2) is 15.1. The third kappa shape index (κ3) is 9.19. The summed E-state index contributed by atoms with van der Waals surface area (Å²) in [6.07, 6.45) is -4.99. The Bertz CT molecular complexity index is 1870. The molecular formula is C39H32F8O2. The Morgan fingerprint density at radius 3 is 1.82 bits per heavy atom. The van der Waals surface area contributed by atoms with Gasteiger partial charge in [0.05, 0.1) is 12.0 Å². The molecule has 0 spiro atoms. The van der Waals surface area contributed by atoms with E-state index in [1.807, 2.05) is 24.3 Å². The Morgan fingerprint density at radius 1 is 0.531 bits per heavy atom. The molecular weight excluding hydrogens is 652 g/mol. The number of hydrogen-bond acceptors (Lipinski definition) is 2. The van der Waals surface area contributed by atoms with Crippen molar-refractivity contribution >= 4 is 0 Å². The first-order valence-corrected chi connectivity index (χ1v) is 15.7. The minimum atomic E-state index is -3.91. The molecule has 256 valence electrons. The maximum atomic E-state index is 15.2. The van der Waals surface area contributed by atoms with Crippen molar-refractivity contribution in [2.24, 2.45) is 0 Å². The highest BCUT2D eigenvalue weighted by Gasteiger charge is 2.35. The van der Waals surface area contributed by atoms with Gasteiger partial charge in [0.15, 0.2) is 11.6 Å². The van der Waals surface area contributed by atoms with E-state index in [2.05, 4.69) is 11.7 Å². The lowest BCUT2D eigenvalue weighted by Gasteiger charge is -2.20. The van der Waals surface area contributed by atoms with Crippen LogP contribution in [-0.2, 0) is 19.0 Å². The lowest BCUT2D eigenvalue weighted by molar-refractivity contribution is -0.185. The van der Waals surface area contributed by atoms with Crippen LogP contribution in [0.5, 0.6) is 11.5 Å². The number of benzene rings is 5. The number of unbranched alkanes of at least 4 members (excludes halogenated alkanes) is 2. The van der Waals surface area contributed by atoms with E-state index in [-0.39, 0.29) is 11.1 Å². The standard InChI is InChI=1S/C39H32F8O2/c1-2-3-4-5-25-6-8-26(9-7-25)29-13-18-33(36(42)22-29)27-10-14-30(15-11-27)39(46,47)49-32-16-12-28(35(41)23-32)20-21-38(44,45)48-31-17-19-34(40)37(43)24-31/h6-19,22-24H,2-5,20-21H2,1H3. The zero-order valence-corrected chi connectivity index (χ0v) is 26.4. The minimum absolute atomic E-state index is 0.217. The van der Waals surface area contributed by atoms with Crippen molar-refractivity contribution in [3.63, 3.8) is 0 Å². The predicted octanol–water partition coefficient (Wildman–Crippen LogP) is 12.0. The van der Waals surface area contributed by atoms with Crippen molar-refractivity contribution in [1.82, 2.24) is 0 Å². The molecule has 0 N–H and O–H groups in total. The first kappa shape index (κ1) is 35.4. The molecule has 0 aliphatic carbocycles. The summed E-state index contributed by atoms with van der Waals surface area (Å²) in [4.78, 5) is 0. The Kier molecular flexibility index (Phi) is 11.0. The van der Waals surface area contributed by atoms with Crippen LogP contribution in [0.4, 0.5) is 35.1 Å². The summed E-state index contributed by atoms with van der Waals surface area (Å²) >= 11 is 0. The maximum Gasteiger partial charge on any atom is 0.426 e. The van der Waals surface area contributed by atoms with Crippen LogP contribution in [-0.4, -0.2) is 6.11 Å². The fourth-order valence-electron chi connectivity index (χ4n) is 5.26. The van der Waals surface area contributed by atoms with Crippen LogP contribution in [0.15, 0.2) is 103 Å². The second-order valence-electron chi connectivity index (χ2n) is 11.6. The number of alkyl halides is 4. The first-order chi connectivity index (χ1) is 23.3. The summed E-state index contributed by atoms with van der Waals surface area (Å²) in [5, 5.41) is 0. The van der Waals surface area contributed by atoms with Crippen LogP contribution in [0, 0.1) is 23.3 Å². The molecule has 10 heteroatoms. The molecule has 2 nitrogen and oxygen atoms in total. The lowest BCUT2D eigenvalue weighted by atomic mass is 9.97. The fraction of sp³-hybridized carbons (Fsp3) is 0.231. The van der Waals surface area contributed by atoms with Crippen LogP contribution in [0.1, 0.15) is 49.3 Å². The van der Waals surface area contributed by atoms with Gasteiger partial charge in [0, 0.05) is 17.7 Å². The van der Waals surface area contributed by atoms with Gasteiger partial charge in [0.1, 0.15) is 23.1 Å². The van der Waals surface area contributed by atoms with Crippen molar-refractivity contribution in [3.8, 4) is 33.8 Å². The third-order valence-electron chi connectivity index (χ3n) is 7.97. The van der Waals surface area contributed by atoms with Crippen molar-refractivity contribution < 1.29 is 44.6 Å². The molecule has 0 atom stereocenters. The van der Waals surface area contributed by atoms with E-state index >= 15 is 13.2 Å². The highest BCUT2D eigenvalue weighted by Crippen LogP contribution is 2.35. The molecule has 5 aromatic carbocycles. The van der Waals surface area contributed by atoms with E-state index in [4.69, 9.17) is 4.74 Å². The third-order valence-corrected chi connectivity index (χ3v) is 7.97. The summed E-state index contributed by atoms with van der Waals surface area (Å²) in [6.45, 7) is 2.15. The Hall–Kier alpha value is -4.86. The molecule has 0 unspecified atom stereocenters. The number of aryl methyl sites for hydroxylation is 2. The van der Waals surface area contributed by atoms with Crippen LogP contribution in [0.2, 0.25) is 0 Å². The number of halogens is 8. The monoisotopic (exact) mass is 684 g/mol. The summed E-state index contributed by atoms with van der Waals surface area (Å²) < 4.78 is 124. The van der Waals surface area contributed by atoms with E-state index in [9.17, 15) is 22.0 Å². The quantitative estimate of drug-likeness (QED) is 0.0856. The van der Waals surface area contributed by atoms with Gasteiger partial charge in [-0.25, -0.2) is 17.6 Å². The van der Waals surface area contributed by atoms with E-state index in [0.29, 0.717) is 29.3 Å². The van der Waals surface area contributed by atoms with Gasteiger partial charge in [-0.05, 0) is 83.5 Å². The number of ether oxygens (including phenoxy) is 2. The second-order valence-corrected chi connectivity index (χ2v) is 11.6. The zero-order valence-electron chi connectivity index (χ0n) is 26.4. The number of hydrogen-bond donors (Lipinski definition) is 0. The molecule has 0 amide bonds. The van der Waals surface area contributed by atoms with Gasteiger partial charge in [-0.1, -0.05) is 74.4 Å². The molecule has 0 heterocycles. The van der Waals surface area contributed by atoms with E-state index < -0.39 is 65.4 Å². The van der Waals surface area contributed by atoms with Gasteiger partial charge in [-0.2, -0.15) is 17.6 Å². The predicted molar refractivity (Wildman–Crippen MR) is 172 cm³/mol. The highest BCUT2D eigenvalue weighted by atomic mass is 19.3. The van der Waals surface area contributed by atoms with Gasteiger partial charge < -0.3 is 9.47 Å². The molecule has 0 radical (unpaired) electrons. The van der Waals surface area contributed by atoms with Gasteiger partial charge in [-0.15, -0.1) is 0 Å². The zero-order chi connectivity index (χ0) is 35.2. The van der Waals surface area contributed by atoms with Crippen molar-refractivity contribution in [2.75, 3.05) is 0 Å². The summed E-state index contributed by atoms with van der Waals surface area (Å²) in [7, 11) is 0. The van der Waals surface area contributed by atoms with Crippen molar-refractivity contribution in [1.29, 1.82) is 0 Å². The van der Waals surface area contributed by atoms with Crippen LogP contribution >= 0.6 is 0 Å². The molecule has 49 heavy (non-hydrogen) atoms. The molecule has 0 saturated carbocycles. The Morgan fingerprint density at radius 2 is 1.16 bits per heavy atom. The van der Waals surface area contributed by atoms with E-state index in [0.717, 1.165) is 61.6 Å². The number of rotatable bonds is 14. The van der Waals surface area contributed by atoms with Crippen LogP contribution in [0.3, 0.4) is 0 Å². The summed E-state index contributed by atoms with van der Waals surface area (Å²) in [5.74, 6) is -5.40. The topological polar surface area (TPSA) is 18.5 Å². The molecule has 0 fully saturated rings. The summed E-state index contributed by atoms with van der Waals surface area (Å²) in [5.41, 5.74) is 2.51. The normalized spacial score (nSPS) is 11.9. The van der Waals surface area contributed by atoms with E-state index in [1.54, 1.807) is 12.1 Å². The van der Waals surface area contributed by atoms with Gasteiger partial charge >= 0.3 is 12.2 Å². The van der Waals surface area contributed by atoms with Crippen LogP contribution < -0.4 is 9.47 Å². The molecule has 0 bridgehead atoms. The van der Waals surface area contributed by atoms with Crippen LogP contribution in [0.25, 0.3) is 22.3 Å². The van der Waals surface area contributed by atoms with E-state index in [1.165, 1.54) is 23.8 Å². The van der Waals surface area contributed by atoms with Gasteiger partial charge in [0.25, 0.3) is 0 Å². The first-order valence-electron chi connectivity index (χ1n) is 15.7. The summed E-state index contributed by atoms with van der Waals surface area (Å²) in [6, 6.07) is 22.0. The average Bonchev–Trinajstić information content (AvgIpc) is 3.06. The van der Waals surface area contributed by atoms with Crippen molar-refractivity contribution in [3.05, 3.63) is 143 Å². The Balaban J connectivity index is 1.20. The minimum Gasteiger partial charge on any atom is -0.432 e. The highest BCUT2D eigenvalue weighted by molar-refractivity contribution is 5.71. The molecule has 5 aromatic rings. The smallest absolute Gasteiger partial charge is 0.426 e. The Labute approximate surface area is 278 Å². The SMILES string of the molecule is CCCCCc1ccc(-c2ccc(-c3ccc(C(F)(F)Oc4ccc(CCC(F)(F)Oc5ccc(F)c(F)c5)c(F)c4)cc3)c(F)c2)cc1. The molecule has 0 aliphatic heterocycles. The average molecular weight is 685 g/mol. The molecule has 0 saturated heterocycles. The largest absolute Gasteiger partial charge is 0.432 e. The van der Waals surface area contributed by atoms with Gasteiger partial charge in [-0.3, -0.25) is 0 Å². The molecule has 5 rings (SSSR count). The van der Waals surface area contributed by atoms with Crippen molar-refractivity contribution in [2.45, 2.75) is 57.7 Å². The lowest BCUT2D eigenvalue weighted by Crippen LogP contribution is -2.25. The fourth-order valence-corrected chi connectivity index (χ4v) is 5.26.